The van der Waals surface area contributed by atoms with Crippen LogP contribution in [0, 0.1) is 27.7 Å². The van der Waals surface area contributed by atoms with E-state index in [1.807, 2.05) is 100 Å². The lowest BCUT2D eigenvalue weighted by Crippen LogP contribution is -2.47. The number of benzene rings is 6. The van der Waals surface area contributed by atoms with Gasteiger partial charge in [-0.25, -0.2) is 0 Å². The minimum Gasteiger partial charge on any atom is -0.497 e. The van der Waals surface area contributed by atoms with Crippen molar-refractivity contribution < 1.29 is 38.2 Å². The van der Waals surface area contributed by atoms with Gasteiger partial charge in [0.25, 0.3) is 0 Å². The lowest BCUT2D eigenvalue weighted by molar-refractivity contribution is -0.134. The number of thiocarbonyl (C=S) groups is 6. The predicted octanol–water partition coefficient (Wildman–Crippen LogP) is 10.0. The first-order valence-corrected chi connectivity index (χ1v) is 31.5. The van der Waals surface area contributed by atoms with Gasteiger partial charge in [-0.05, 0) is 111 Å². The van der Waals surface area contributed by atoms with Crippen LogP contribution in [0.4, 0.5) is 0 Å². The van der Waals surface area contributed by atoms with Gasteiger partial charge in [0.2, 0.25) is 35.4 Å². The third kappa shape index (κ3) is 24.3. The summed E-state index contributed by atoms with van der Waals surface area (Å²) in [4.78, 5) is 75.9. The second kappa shape index (κ2) is 37.2. The Hall–Kier alpha value is -7.76. The molecule has 6 aromatic carbocycles. The lowest BCUT2D eigenvalue weighted by Gasteiger charge is -2.24. The first kappa shape index (κ1) is 77.7. The number of methoxy groups -OCH3 is 2. The van der Waals surface area contributed by atoms with Gasteiger partial charge >= 0.3 is 0 Å². The first-order valence-electron chi connectivity index (χ1n) is 27.5. The van der Waals surface area contributed by atoms with Gasteiger partial charge in [-0.2, -0.15) is 0 Å². The zero-order valence-corrected chi connectivity index (χ0v) is 60.5. The van der Waals surface area contributed by atoms with Gasteiger partial charge in [0, 0.05) is 85.7 Å². The molecule has 0 atom stereocenters. The maximum atomic E-state index is 12.4. The van der Waals surface area contributed by atoms with Crippen LogP contribution in [0.2, 0.25) is 20.1 Å². The summed E-state index contributed by atoms with van der Waals surface area (Å²) in [6, 6.07) is 35.8. The Balaban J connectivity index is 0.000000297. The van der Waals surface area contributed by atoms with Crippen LogP contribution in [-0.2, 0) is 28.8 Å². The van der Waals surface area contributed by atoms with E-state index < -0.39 is 41.9 Å². The molecule has 6 amide bonds. The van der Waals surface area contributed by atoms with E-state index in [1.54, 1.807) is 90.9 Å². The van der Waals surface area contributed by atoms with E-state index in [9.17, 15) is 28.8 Å². The molecule has 20 nitrogen and oxygen atoms in total. The molecule has 0 spiro atoms. The van der Waals surface area contributed by atoms with Gasteiger partial charge in [0.1, 0.15) is 60.7 Å². The maximum absolute atomic E-state index is 12.4. The number of carbonyl (C=O) groups is 6. The molecular weight excluding hydrogens is 1390 g/mol. The molecule has 0 saturated carbocycles. The standard InChI is InChI=1S/C23H28N4O3S2.C21H24N4O3S2.C19H16Cl4N4O2S2/c1-14-7-8-15(2)18(11-14)22(31)26(4)24-20(28)13-21(29)25-27(5)23(32)19-12-17(30-6)10-9-16(19)3;1-14-10-11-16(28-4)12-17(14)21(30)25(3)23-19(27)13-18(26)22-24(2)20(29)15-8-6-5-7-9-15;1-26(18(30)12-7-10(20)3-5-14(12)22)24-16(28)9-17(29)25-27(2)19(31)13-8-11(21)4-6-15(13)23/h7-12H,13H2,1-6H3,(H,24,28)(H,25,29);5-12H,13H2,1-4H3,(H,22,26)(H,23,27);3-8H,9H2,1-2H3,(H,24,28)(H,25,29). The Labute approximate surface area is 593 Å². The number of rotatable bonds is 14. The Morgan fingerprint density at radius 2 is 0.634 bits per heavy atom. The molecule has 30 heteroatoms. The highest BCUT2D eigenvalue weighted by Crippen LogP contribution is 2.25. The highest BCUT2D eigenvalue weighted by atomic mass is 35.5. The molecule has 93 heavy (non-hydrogen) atoms. The average molecular weight is 1460 g/mol. The van der Waals surface area contributed by atoms with Crippen LogP contribution in [0.5, 0.6) is 11.5 Å². The van der Waals surface area contributed by atoms with Crippen molar-refractivity contribution in [1.29, 1.82) is 0 Å². The van der Waals surface area contributed by atoms with Crippen molar-refractivity contribution in [3.8, 4) is 11.5 Å². The predicted molar refractivity (Wildman–Crippen MR) is 390 cm³/mol. The molecule has 0 aliphatic rings. The number of nitrogens with zero attached hydrogens (tertiary/aromatic N) is 6. The van der Waals surface area contributed by atoms with Gasteiger partial charge in [-0.15, -0.1) is 0 Å². The van der Waals surface area contributed by atoms with Gasteiger partial charge in [0.15, 0.2) is 0 Å². The summed E-state index contributed by atoms with van der Waals surface area (Å²) in [5.41, 5.74) is 23.5. The number of halogens is 4. The van der Waals surface area contributed by atoms with E-state index in [0.717, 1.165) is 44.5 Å². The van der Waals surface area contributed by atoms with Crippen molar-refractivity contribution in [3.05, 3.63) is 197 Å². The molecule has 0 radical (unpaired) electrons. The number of hydrazine groups is 6. The van der Waals surface area contributed by atoms with E-state index in [-0.39, 0.29) is 22.8 Å². The number of carbonyl (C=O) groups excluding carboxylic acids is 6. The Bertz CT molecular complexity index is 3750. The highest BCUT2D eigenvalue weighted by molar-refractivity contribution is 7.81. The highest BCUT2D eigenvalue weighted by Gasteiger charge is 2.23. The zero-order chi connectivity index (χ0) is 69.6. The van der Waals surface area contributed by atoms with Crippen molar-refractivity contribution in [2.75, 3.05) is 56.5 Å². The average Bonchev–Trinajstić information content (AvgIpc) is 0.989. The van der Waals surface area contributed by atoms with Gasteiger partial charge in [0.05, 0.1) is 24.3 Å². The molecule has 6 aromatic rings. The van der Waals surface area contributed by atoms with Crippen molar-refractivity contribution in [2.24, 2.45) is 0 Å². The van der Waals surface area contributed by atoms with Crippen LogP contribution in [0.15, 0.2) is 121 Å². The normalized spacial score (nSPS) is 10.2. The molecule has 492 valence electrons. The molecule has 0 aromatic heterocycles. The van der Waals surface area contributed by atoms with E-state index in [0.29, 0.717) is 62.7 Å². The minimum absolute atomic E-state index is 0.232. The molecule has 0 unspecified atom stereocenters. The fourth-order valence-electron chi connectivity index (χ4n) is 7.99. The third-order valence-electron chi connectivity index (χ3n) is 12.9. The van der Waals surface area contributed by atoms with E-state index in [4.69, 9.17) is 129 Å². The second-order valence-corrected chi connectivity index (χ2v) is 24.2. The summed E-state index contributed by atoms with van der Waals surface area (Å²) in [5, 5.41) is 9.88. The van der Waals surface area contributed by atoms with Gasteiger partial charge in [-0.1, -0.05) is 180 Å². The molecule has 0 saturated heterocycles. The molecule has 0 heterocycles. The minimum atomic E-state index is -0.597. The number of hydrogen-bond donors (Lipinski definition) is 6. The lowest BCUT2D eigenvalue weighted by atomic mass is 10.1. The van der Waals surface area contributed by atoms with E-state index >= 15 is 0 Å². The van der Waals surface area contributed by atoms with E-state index in [1.165, 1.54) is 44.1 Å². The van der Waals surface area contributed by atoms with Crippen molar-refractivity contribution >= 4 is 185 Å². The Morgan fingerprint density at radius 3 is 0.946 bits per heavy atom. The van der Waals surface area contributed by atoms with Crippen LogP contribution >= 0.6 is 120 Å². The van der Waals surface area contributed by atoms with Gasteiger partial charge < -0.3 is 9.47 Å². The first-order chi connectivity index (χ1) is 43.7. The van der Waals surface area contributed by atoms with E-state index in [2.05, 4.69) is 32.6 Å². The Morgan fingerprint density at radius 1 is 0.355 bits per heavy atom. The molecule has 0 aliphatic carbocycles. The third-order valence-corrected chi connectivity index (χ3v) is 17.0. The number of nitrogens with one attached hydrogen (secondary N) is 6. The topological polar surface area (TPSA) is 212 Å². The van der Waals surface area contributed by atoms with Crippen LogP contribution in [0.3, 0.4) is 0 Å². The fourth-order valence-corrected chi connectivity index (χ4v) is 10.3. The van der Waals surface area contributed by atoms with Crippen LogP contribution in [0.25, 0.3) is 0 Å². The number of aryl methyl sites for hydroxylation is 4. The maximum Gasteiger partial charge on any atom is 0.248 e. The van der Waals surface area contributed by atoms with Crippen molar-refractivity contribution in [2.45, 2.75) is 47.0 Å². The largest absolute Gasteiger partial charge is 0.497 e. The summed E-state index contributed by atoms with van der Waals surface area (Å²) >= 11 is 56.6. The molecule has 6 rings (SSSR count). The summed E-state index contributed by atoms with van der Waals surface area (Å²) in [6.45, 7) is 7.75. The molecular formula is C63H68Cl4N12O8S6. The van der Waals surface area contributed by atoms with Crippen molar-refractivity contribution in [1.82, 2.24) is 62.6 Å². The molecule has 0 aliphatic heterocycles. The van der Waals surface area contributed by atoms with Crippen LogP contribution < -0.4 is 42.0 Å². The van der Waals surface area contributed by atoms with Crippen molar-refractivity contribution in [3.63, 3.8) is 0 Å². The molecule has 0 bridgehead atoms. The fraction of sp³-hybridized carbons (Fsp3) is 0.238. The quantitative estimate of drug-likeness (QED) is 0.0340. The summed E-state index contributed by atoms with van der Waals surface area (Å²) in [7, 11) is 12.7. The molecule has 6 N–H and O–H groups in total. The SMILES string of the molecule is CN(NC(=O)CC(=O)NN(C)C(=S)c1cc(Cl)ccc1Cl)C(=S)c1cc(Cl)ccc1Cl.COc1ccc(C)c(C(=S)N(C)NC(=O)CC(=O)NN(C)C(=S)c2cc(C)ccc2C)c1.COc1ccc(C)c(C(=S)N(C)NC(=O)CC(=O)NN(C)C(=S)c2ccccc2)c1. The number of hydrogen-bond acceptors (Lipinski definition) is 14. The van der Waals surface area contributed by atoms with Crippen LogP contribution in [-0.4, -0.2) is 152 Å². The zero-order valence-electron chi connectivity index (χ0n) is 52.6. The van der Waals surface area contributed by atoms with Gasteiger partial charge in [-0.3, -0.25) is 91.4 Å². The second-order valence-electron chi connectivity index (χ2n) is 20.2. The Kier molecular flexibility index (Phi) is 31.1. The summed E-state index contributed by atoms with van der Waals surface area (Å²) in [6.07, 6.45) is -1.25. The summed E-state index contributed by atoms with van der Waals surface area (Å²) in [5.74, 6) is -1.86. The number of ether oxygens (including phenoxy) is 2. The number of amides is 6. The van der Waals surface area contributed by atoms with Crippen LogP contribution in [0.1, 0.15) is 74.9 Å². The monoisotopic (exact) mass is 1450 g/mol. The summed E-state index contributed by atoms with van der Waals surface area (Å²) < 4.78 is 10.5. The smallest absolute Gasteiger partial charge is 0.248 e. The molecule has 0 fully saturated rings.